The van der Waals surface area contributed by atoms with Crippen molar-refractivity contribution in [1.82, 2.24) is 25.2 Å². The summed E-state index contributed by atoms with van der Waals surface area (Å²) in [5.41, 5.74) is 0. The van der Waals surface area contributed by atoms with Gasteiger partial charge in [0.2, 0.25) is 5.91 Å². The normalized spacial score (nSPS) is 20.9. The topological polar surface area (TPSA) is 63.1 Å². The van der Waals surface area contributed by atoms with Gasteiger partial charge in [-0.3, -0.25) is 9.48 Å². The summed E-state index contributed by atoms with van der Waals surface area (Å²) in [5, 5.41) is 10.9. The third-order valence-corrected chi connectivity index (χ3v) is 3.05. The van der Waals surface area contributed by atoms with Gasteiger partial charge in [0.15, 0.2) is 0 Å². The molecular formula is C11H19N5O. The predicted molar refractivity (Wildman–Crippen MR) is 63.3 cm³/mol. The van der Waals surface area contributed by atoms with Crippen LogP contribution in [0.25, 0.3) is 0 Å². The zero-order valence-electron chi connectivity index (χ0n) is 10.2. The number of hydrogen-bond donors (Lipinski definition) is 1. The molecule has 0 radical (unpaired) electrons. The highest BCUT2D eigenvalue weighted by Gasteiger charge is 2.27. The first-order chi connectivity index (χ1) is 8.31. The van der Waals surface area contributed by atoms with Crippen molar-refractivity contribution in [2.45, 2.75) is 32.4 Å². The van der Waals surface area contributed by atoms with Gasteiger partial charge in [-0.2, -0.15) is 0 Å². The predicted octanol–water partition coefficient (Wildman–Crippen LogP) is -0.121. The molecule has 0 bridgehead atoms. The summed E-state index contributed by atoms with van der Waals surface area (Å²) in [6, 6.07) is 0.00416. The lowest BCUT2D eigenvalue weighted by Crippen LogP contribution is -2.51. The SMILES string of the molecule is CCNC1CCCN(CCn2ccnn2)C1=O. The van der Waals surface area contributed by atoms with Crippen LogP contribution in [0.4, 0.5) is 0 Å². The Morgan fingerprint density at radius 1 is 1.53 bits per heavy atom. The van der Waals surface area contributed by atoms with Crippen molar-refractivity contribution in [3.05, 3.63) is 12.4 Å². The van der Waals surface area contributed by atoms with E-state index in [1.165, 1.54) is 0 Å². The van der Waals surface area contributed by atoms with Crippen molar-refractivity contribution in [2.75, 3.05) is 19.6 Å². The number of hydrogen-bond acceptors (Lipinski definition) is 4. The molecule has 1 amide bonds. The Morgan fingerprint density at radius 2 is 2.41 bits per heavy atom. The second kappa shape index (κ2) is 5.77. The maximum absolute atomic E-state index is 12.1. The molecule has 6 heteroatoms. The van der Waals surface area contributed by atoms with E-state index in [9.17, 15) is 4.79 Å². The van der Waals surface area contributed by atoms with Crippen LogP contribution in [-0.4, -0.2) is 51.5 Å². The molecule has 0 aliphatic carbocycles. The van der Waals surface area contributed by atoms with E-state index in [4.69, 9.17) is 0 Å². The van der Waals surface area contributed by atoms with Crippen LogP contribution in [0.15, 0.2) is 12.4 Å². The standard InChI is InChI=1S/C11H19N5O/c1-2-12-10-4-3-6-15(11(10)17)8-9-16-7-5-13-14-16/h5,7,10,12H,2-4,6,8-9H2,1H3. The monoisotopic (exact) mass is 237 g/mol. The zero-order valence-corrected chi connectivity index (χ0v) is 10.2. The van der Waals surface area contributed by atoms with Crippen LogP contribution < -0.4 is 5.32 Å². The lowest BCUT2D eigenvalue weighted by molar-refractivity contribution is -0.136. The molecule has 2 rings (SSSR count). The van der Waals surface area contributed by atoms with Crippen molar-refractivity contribution in [2.24, 2.45) is 0 Å². The van der Waals surface area contributed by atoms with Crippen LogP contribution >= 0.6 is 0 Å². The molecule has 1 fully saturated rings. The number of rotatable bonds is 5. The van der Waals surface area contributed by atoms with Crippen LogP contribution in [0.3, 0.4) is 0 Å². The second-order valence-electron chi connectivity index (χ2n) is 4.24. The molecule has 1 unspecified atom stereocenters. The first-order valence-electron chi connectivity index (χ1n) is 6.17. The molecule has 1 saturated heterocycles. The number of aromatic nitrogens is 3. The van der Waals surface area contributed by atoms with Gasteiger partial charge in [0.25, 0.3) is 0 Å². The van der Waals surface area contributed by atoms with E-state index in [-0.39, 0.29) is 11.9 Å². The Kier molecular flexibility index (Phi) is 4.08. The van der Waals surface area contributed by atoms with Crippen LogP contribution in [-0.2, 0) is 11.3 Å². The number of carbonyl (C=O) groups is 1. The summed E-state index contributed by atoms with van der Waals surface area (Å²) in [6.07, 6.45) is 5.49. The van der Waals surface area contributed by atoms with Crippen molar-refractivity contribution in [3.63, 3.8) is 0 Å². The van der Waals surface area contributed by atoms with Gasteiger partial charge in [-0.05, 0) is 19.4 Å². The molecule has 17 heavy (non-hydrogen) atoms. The minimum absolute atomic E-state index is 0.00416. The average Bonchev–Trinajstić information content (AvgIpc) is 2.83. The van der Waals surface area contributed by atoms with Crippen LogP contribution in [0.2, 0.25) is 0 Å². The number of likely N-dealkylation sites (tertiary alicyclic amines) is 1. The summed E-state index contributed by atoms with van der Waals surface area (Å²) in [6.45, 7) is 5.15. The smallest absolute Gasteiger partial charge is 0.239 e. The lowest BCUT2D eigenvalue weighted by atomic mass is 10.0. The highest BCUT2D eigenvalue weighted by molar-refractivity contribution is 5.82. The number of piperidine rings is 1. The van der Waals surface area contributed by atoms with E-state index >= 15 is 0 Å². The van der Waals surface area contributed by atoms with Gasteiger partial charge in [-0.25, -0.2) is 0 Å². The van der Waals surface area contributed by atoms with Gasteiger partial charge < -0.3 is 10.2 Å². The zero-order chi connectivity index (χ0) is 12.1. The van der Waals surface area contributed by atoms with E-state index in [1.54, 1.807) is 10.9 Å². The molecule has 1 atom stereocenters. The maximum atomic E-state index is 12.1. The molecule has 0 spiro atoms. The third kappa shape index (κ3) is 3.03. The average molecular weight is 237 g/mol. The fourth-order valence-corrected chi connectivity index (χ4v) is 2.17. The minimum Gasteiger partial charge on any atom is -0.339 e. The number of nitrogens with one attached hydrogen (secondary N) is 1. The van der Waals surface area contributed by atoms with Crippen LogP contribution in [0, 0.1) is 0 Å². The summed E-state index contributed by atoms with van der Waals surface area (Å²) >= 11 is 0. The number of carbonyl (C=O) groups excluding carboxylic acids is 1. The largest absolute Gasteiger partial charge is 0.339 e. The van der Waals surface area contributed by atoms with Gasteiger partial charge in [0.1, 0.15) is 0 Å². The number of nitrogens with zero attached hydrogens (tertiary/aromatic N) is 4. The first-order valence-corrected chi connectivity index (χ1v) is 6.17. The molecule has 2 heterocycles. The molecule has 1 aliphatic rings. The Morgan fingerprint density at radius 3 is 3.12 bits per heavy atom. The Bertz CT molecular complexity index is 349. The van der Waals surface area contributed by atoms with E-state index in [0.717, 1.165) is 25.9 Å². The highest BCUT2D eigenvalue weighted by Crippen LogP contribution is 2.11. The third-order valence-electron chi connectivity index (χ3n) is 3.05. The van der Waals surface area contributed by atoms with Crippen LogP contribution in [0.5, 0.6) is 0 Å². The Hall–Kier alpha value is -1.43. The van der Waals surface area contributed by atoms with Gasteiger partial charge in [0.05, 0.1) is 18.8 Å². The van der Waals surface area contributed by atoms with E-state index in [1.807, 2.05) is 18.0 Å². The van der Waals surface area contributed by atoms with Crippen molar-refractivity contribution in [3.8, 4) is 0 Å². The van der Waals surface area contributed by atoms with Crippen molar-refractivity contribution >= 4 is 5.91 Å². The Balaban J connectivity index is 1.85. The van der Waals surface area contributed by atoms with Crippen molar-refractivity contribution < 1.29 is 4.79 Å². The van der Waals surface area contributed by atoms with Crippen molar-refractivity contribution in [1.29, 1.82) is 0 Å². The molecule has 94 valence electrons. The van der Waals surface area contributed by atoms with Crippen LogP contribution in [0.1, 0.15) is 19.8 Å². The molecule has 0 saturated carbocycles. The molecule has 1 N–H and O–H groups in total. The van der Waals surface area contributed by atoms with Gasteiger partial charge in [-0.1, -0.05) is 12.1 Å². The van der Waals surface area contributed by atoms with E-state index < -0.39 is 0 Å². The summed E-state index contributed by atoms with van der Waals surface area (Å²) < 4.78 is 1.75. The highest BCUT2D eigenvalue weighted by atomic mass is 16.2. The number of likely N-dealkylation sites (N-methyl/N-ethyl adjacent to an activating group) is 1. The quantitative estimate of drug-likeness (QED) is 0.775. The van der Waals surface area contributed by atoms with Gasteiger partial charge in [0, 0.05) is 19.3 Å². The molecule has 6 nitrogen and oxygen atoms in total. The fraction of sp³-hybridized carbons (Fsp3) is 0.727. The lowest BCUT2D eigenvalue weighted by Gasteiger charge is -2.32. The summed E-state index contributed by atoms with van der Waals surface area (Å²) in [7, 11) is 0. The van der Waals surface area contributed by atoms with Gasteiger partial charge in [-0.15, -0.1) is 5.10 Å². The summed E-state index contributed by atoms with van der Waals surface area (Å²) in [4.78, 5) is 14.0. The summed E-state index contributed by atoms with van der Waals surface area (Å²) in [5.74, 6) is 0.221. The number of amides is 1. The van der Waals surface area contributed by atoms with Gasteiger partial charge >= 0.3 is 0 Å². The molecule has 0 aromatic carbocycles. The minimum atomic E-state index is 0.00416. The molecular weight excluding hydrogens is 218 g/mol. The second-order valence-corrected chi connectivity index (χ2v) is 4.24. The first kappa shape index (κ1) is 12.0. The molecule has 1 aromatic heterocycles. The molecule has 1 aromatic rings. The van der Waals surface area contributed by atoms with E-state index in [0.29, 0.717) is 13.1 Å². The maximum Gasteiger partial charge on any atom is 0.239 e. The Labute approximate surface area is 101 Å². The van der Waals surface area contributed by atoms with E-state index in [2.05, 4.69) is 15.6 Å². The fourth-order valence-electron chi connectivity index (χ4n) is 2.17. The molecule has 1 aliphatic heterocycles.